The minimum Gasteiger partial charge on any atom is -0.363 e. The monoisotopic (exact) mass is 432 g/mol. The molecule has 1 fully saturated rings. The van der Waals surface area contributed by atoms with Gasteiger partial charge in [-0.15, -0.1) is 0 Å². The summed E-state index contributed by atoms with van der Waals surface area (Å²) in [5.41, 5.74) is 3.85. The smallest absolute Gasteiger partial charge is 0.153 e. The van der Waals surface area contributed by atoms with Crippen LogP contribution in [0.25, 0.3) is 11.0 Å². The lowest BCUT2D eigenvalue weighted by Gasteiger charge is -2.42. The average Bonchev–Trinajstić information content (AvgIpc) is 3.06. The summed E-state index contributed by atoms with van der Waals surface area (Å²) in [7, 11) is -3.03. The van der Waals surface area contributed by atoms with Gasteiger partial charge in [-0.05, 0) is 19.1 Å². The van der Waals surface area contributed by atoms with Gasteiger partial charge in [0.25, 0.3) is 0 Å². The molecular weight excluding hydrogens is 412 g/mol. The molecule has 29 heavy (non-hydrogen) atoms. The Morgan fingerprint density at radius 3 is 2.83 bits per heavy atom. The van der Waals surface area contributed by atoms with Crippen molar-refractivity contribution in [3.63, 3.8) is 0 Å². The Morgan fingerprint density at radius 1 is 1.28 bits per heavy atom. The number of nitrogens with one attached hydrogen (secondary N) is 1. The van der Waals surface area contributed by atoms with Gasteiger partial charge in [-0.3, -0.25) is 0 Å². The summed E-state index contributed by atoms with van der Waals surface area (Å²) >= 11 is 6.27. The molecule has 3 aromatic rings. The first kappa shape index (κ1) is 18.6. The summed E-state index contributed by atoms with van der Waals surface area (Å²) < 4.78 is 23.6. The largest absolute Gasteiger partial charge is 0.363 e. The molecule has 0 aromatic carbocycles. The number of rotatable bonds is 3. The maximum Gasteiger partial charge on any atom is 0.153 e. The Labute approximate surface area is 173 Å². The number of fused-ring (bicyclic) bond motifs is 2. The third kappa shape index (κ3) is 3.12. The zero-order valence-corrected chi connectivity index (χ0v) is 17.7. The van der Waals surface area contributed by atoms with Crippen LogP contribution >= 0.6 is 11.6 Å². The predicted molar refractivity (Wildman–Crippen MR) is 113 cm³/mol. The molecule has 5 heterocycles. The molecule has 1 atom stereocenters. The summed E-state index contributed by atoms with van der Waals surface area (Å²) in [6.45, 7) is 3.75. The van der Waals surface area contributed by atoms with E-state index in [2.05, 4.69) is 31.8 Å². The fraction of sp³-hybridized carbons (Fsp3) is 0.421. The molecule has 0 aliphatic carbocycles. The van der Waals surface area contributed by atoms with Crippen LogP contribution in [0.4, 0.5) is 11.5 Å². The number of aromatic amines is 1. The number of pyridine rings is 1. The van der Waals surface area contributed by atoms with Crippen molar-refractivity contribution in [2.75, 3.05) is 29.1 Å². The molecule has 1 N–H and O–H groups in total. The molecule has 0 bridgehead atoms. The molecule has 5 rings (SSSR count). The molecule has 2 aliphatic heterocycles. The second kappa shape index (κ2) is 6.56. The molecule has 152 valence electrons. The van der Waals surface area contributed by atoms with Crippen LogP contribution in [0.5, 0.6) is 0 Å². The highest BCUT2D eigenvalue weighted by Crippen LogP contribution is 2.37. The van der Waals surface area contributed by atoms with Crippen molar-refractivity contribution < 1.29 is 8.42 Å². The molecule has 0 spiro atoms. The van der Waals surface area contributed by atoms with Gasteiger partial charge in [-0.1, -0.05) is 11.6 Å². The lowest BCUT2D eigenvalue weighted by atomic mass is 9.98. The molecule has 8 nitrogen and oxygen atoms in total. The third-order valence-corrected chi connectivity index (χ3v) is 7.60. The second-order valence-electron chi connectivity index (χ2n) is 7.86. The van der Waals surface area contributed by atoms with Crippen molar-refractivity contribution in [2.45, 2.75) is 31.2 Å². The first-order valence-corrected chi connectivity index (χ1v) is 11.8. The van der Waals surface area contributed by atoms with Gasteiger partial charge >= 0.3 is 0 Å². The molecule has 2 aliphatic rings. The summed E-state index contributed by atoms with van der Waals surface area (Å²) in [6, 6.07) is 4.12. The topological polar surface area (TPSA) is 95.1 Å². The minimum atomic E-state index is -3.03. The van der Waals surface area contributed by atoms with Crippen molar-refractivity contribution in [3.8, 4) is 0 Å². The van der Waals surface area contributed by atoms with E-state index in [0.29, 0.717) is 24.8 Å². The molecule has 3 aromatic heterocycles. The van der Waals surface area contributed by atoms with Gasteiger partial charge in [0.1, 0.15) is 22.9 Å². The van der Waals surface area contributed by atoms with E-state index in [1.54, 1.807) is 6.33 Å². The summed E-state index contributed by atoms with van der Waals surface area (Å²) in [4.78, 5) is 20.8. The van der Waals surface area contributed by atoms with Crippen molar-refractivity contribution in [1.82, 2.24) is 19.9 Å². The van der Waals surface area contributed by atoms with Crippen molar-refractivity contribution in [1.29, 1.82) is 0 Å². The van der Waals surface area contributed by atoms with Crippen LogP contribution in [0.3, 0.4) is 0 Å². The van der Waals surface area contributed by atoms with E-state index in [1.807, 2.05) is 23.2 Å². The standard InChI is InChI=1S/C19H21ClN6O2S/c1-11-5-15-14(19(23-10-22-15)25-7-12(8-25)29(2,27)28)9-26(11)16-6-17(20)24-18-13(16)3-4-21-18/h3-4,6,10-12H,5,7-9H2,1-2H3,(H,21,24). The first-order chi connectivity index (χ1) is 13.8. The Bertz CT molecular complexity index is 1200. The summed E-state index contributed by atoms with van der Waals surface area (Å²) in [5.74, 6) is 0.831. The quantitative estimate of drug-likeness (QED) is 0.634. The van der Waals surface area contributed by atoms with Crippen LogP contribution in [0.2, 0.25) is 5.15 Å². The highest BCUT2D eigenvalue weighted by molar-refractivity contribution is 7.91. The SMILES string of the molecule is CC1Cc2ncnc(N3CC(S(C)(=O)=O)C3)c2CN1c1cc(Cl)nc2[nH]ccc12. The zero-order chi connectivity index (χ0) is 20.3. The maximum atomic E-state index is 11.8. The normalized spacial score (nSPS) is 20.0. The minimum absolute atomic E-state index is 0.224. The number of hydrogen-bond donors (Lipinski definition) is 1. The van der Waals surface area contributed by atoms with Crippen LogP contribution in [0.15, 0.2) is 24.7 Å². The van der Waals surface area contributed by atoms with Gasteiger partial charge < -0.3 is 14.8 Å². The Hall–Kier alpha value is -2.39. The van der Waals surface area contributed by atoms with E-state index in [-0.39, 0.29) is 11.3 Å². The van der Waals surface area contributed by atoms with Crippen molar-refractivity contribution in [3.05, 3.63) is 41.1 Å². The fourth-order valence-corrected chi connectivity index (χ4v) is 5.29. The predicted octanol–water partition coefficient (Wildman–Crippen LogP) is 2.19. The number of anilines is 2. The van der Waals surface area contributed by atoms with E-state index in [0.717, 1.165) is 40.2 Å². The van der Waals surface area contributed by atoms with Gasteiger partial charge in [0.05, 0.1) is 16.6 Å². The number of nitrogens with zero attached hydrogens (tertiary/aromatic N) is 5. The van der Waals surface area contributed by atoms with E-state index >= 15 is 0 Å². The van der Waals surface area contributed by atoms with Crippen LogP contribution in [0, 0.1) is 0 Å². The summed E-state index contributed by atoms with van der Waals surface area (Å²) in [5, 5.41) is 1.13. The molecule has 0 amide bonds. The Balaban J connectivity index is 1.52. The first-order valence-electron chi connectivity index (χ1n) is 9.48. The lowest BCUT2D eigenvalue weighted by molar-refractivity contribution is 0.536. The van der Waals surface area contributed by atoms with Crippen LogP contribution in [-0.4, -0.2) is 59.0 Å². The molecule has 10 heteroatoms. The average molecular weight is 433 g/mol. The zero-order valence-electron chi connectivity index (χ0n) is 16.1. The van der Waals surface area contributed by atoms with E-state index in [9.17, 15) is 8.42 Å². The van der Waals surface area contributed by atoms with Crippen LogP contribution in [-0.2, 0) is 22.8 Å². The third-order valence-electron chi connectivity index (χ3n) is 5.90. The van der Waals surface area contributed by atoms with Crippen LogP contribution < -0.4 is 9.80 Å². The summed E-state index contributed by atoms with van der Waals surface area (Å²) in [6.07, 6.45) is 5.52. The fourth-order valence-electron chi connectivity index (χ4n) is 4.20. The van der Waals surface area contributed by atoms with Gasteiger partial charge in [-0.2, -0.15) is 0 Å². The number of halogens is 1. The lowest BCUT2D eigenvalue weighted by Crippen LogP contribution is -2.55. The highest BCUT2D eigenvalue weighted by atomic mass is 35.5. The number of sulfone groups is 1. The van der Waals surface area contributed by atoms with Crippen LogP contribution in [0.1, 0.15) is 18.2 Å². The van der Waals surface area contributed by atoms with Crippen molar-refractivity contribution >= 4 is 44.0 Å². The van der Waals surface area contributed by atoms with Gasteiger partial charge in [0.2, 0.25) is 0 Å². The highest BCUT2D eigenvalue weighted by Gasteiger charge is 2.38. The van der Waals surface area contributed by atoms with Gasteiger partial charge in [-0.25, -0.2) is 23.4 Å². The Kier molecular flexibility index (Phi) is 4.22. The maximum absolute atomic E-state index is 11.8. The second-order valence-corrected chi connectivity index (χ2v) is 10.6. The molecular formula is C19H21ClN6O2S. The number of H-pyrrole nitrogens is 1. The Morgan fingerprint density at radius 2 is 2.07 bits per heavy atom. The molecule has 1 saturated heterocycles. The van der Waals surface area contributed by atoms with E-state index in [1.165, 1.54) is 6.26 Å². The van der Waals surface area contributed by atoms with E-state index < -0.39 is 9.84 Å². The molecule has 0 radical (unpaired) electrons. The van der Waals surface area contributed by atoms with E-state index in [4.69, 9.17) is 11.6 Å². The molecule has 0 saturated carbocycles. The number of hydrogen-bond acceptors (Lipinski definition) is 7. The van der Waals surface area contributed by atoms with Gasteiger partial charge in [0.15, 0.2) is 9.84 Å². The van der Waals surface area contributed by atoms with Gasteiger partial charge in [0, 0.05) is 55.5 Å². The van der Waals surface area contributed by atoms with Crippen molar-refractivity contribution in [2.24, 2.45) is 0 Å². The number of aromatic nitrogens is 4. The molecule has 1 unspecified atom stereocenters.